The van der Waals surface area contributed by atoms with Crippen molar-refractivity contribution in [3.05, 3.63) is 63.1 Å². The molecule has 0 unspecified atom stereocenters. The number of allylic oxidation sites excluding steroid dienone is 1. The molecule has 0 spiro atoms. The fraction of sp³-hybridized carbons (Fsp3) is 0.0714. The van der Waals surface area contributed by atoms with Gasteiger partial charge < -0.3 is 9.93 Å². The molecular formula is C14H13N2NaO2S2. The van der Waals surface area contributed by atoms with Crippen molar-refractivity contribution in [2.75, 3.05) is 0 Å². The van der Waals surface area contributed by atoms with Gasteiger partial charge in [-0.2, -0.15) is 0 Å². The Morgan fingerprint density at radius 2 is 1.90 bits per heavy atom. The van der Waals surface area contributed by atoms with E-state index >= 15 is 0 Å². The molecule has 2 rings (SSSR count). The Balaban J connectivity index is 0.00000220. The molecule has 2 aromatic rings. The van der Waals surface area contributed by atoms with E-state index in [1.54, 1.807) is 29.5 Å². The van der Waals surface area contributed by atoms with Crippen LogP contribution < -0.4 is 29.6 Å². The standard InChI is InChI=1S/C14H13N2O2S2.Na/c1-12-6-8-14(9-7-12)20(17,18)16-15-10-2-4-13-5-3-11-19-13;/h2-11H,1H3;/q-1;+1/b4-2+,15-10-;. The summed E-state index contributed by atoms with van der Waals surface area (Å²) >= 11 is 1.59. The molecule has 1 aromatic heterocycles. The fourth-order valence-electron chi connectivity index (χ4n) is 1.41. The van der Waals surface area contributed by atoms with Gasteiger partial charge in [0.25, 0.3) is 0 Å². The summed E-state index contributed by atoms with van der Waals surface area (Å²) in [6.45, 7) is 1.89. The molecule has 0 bridgehead atoms. The third-order valence-electron chi connectivity index (χ3n) is 2.43. The van der Waals surface area contributed by atoms with Gasteiger partial charge in [0.1, 0.15) is 10.0 Å². The van der Waals surface area contributed by atoms with Crippen molar-refractivity contribution in [3.8, 4) is 0 Å². The molecule has 0 amide bonds. The molecule has 0 fully saturated rings. The molecule has 4 nitrogen and oxygen atoms in total. The van der Waals surface area contributed by atoms with E-state index in [1.807, 2.05) is 30.5 Å². The largest absolute Gasteiger partial charge is 1.00 e. The number of rotatable bonds is 5. The first-order chi connectivity index (χ1) is 9.58. The average Bonchev–Trinajstić information content (AvgIpc) is 2.92. The zero-order chi connectivity index (χ0) is 14.4. The smallest absolute Gasteiger partial charge is 0.491 e. The second-order valence-electron chi connectivity index (χ2n) is 4.01. The molecule has 0 N–H and O–H groups in total. The van der Waals surface area contributed by atoms with E-state index in [4.69, 9.17) is 0 Å². The second kappa shape index (κ2) is 8.51. The molecule has 1 aromatic carbocycles. The Kier molecular flexibility index (Phi) is 7.34. The first kappa shape index (κ1) is 18.1. The number of sulfonamides is 1. The molecule has 0 radical (unpaired) electrons. The summed E-state index contributed by atoms with van der Waals surface area (Å²) in [5.74, 6) is 0. The topological polar surface area (TPSA) is 60.6 Å². The minimum atomic E-state index is -3.72. The predicted octanol–water partition coefficient (Wildman–Crippen LogP) is 0.822. The molecule has 104 valence electrons. The summed E-state index contributed by atoms with van der Waals surface area (Å²) in [7, 11) is -3.72. The molecule has 7 heteroatoms. The normalized spacial score (nSPS) is 11.7. The van der Waals surface area contributed by atoms with E-state index in [0.29, 0.717) is 0 Å². The van der Waals surface area contributed by atoms with Gasteiger partial charge in [-0.05, 0) is 42.7 Å². The summed E-state index contributed by atoms with van der Waals surface area (Å²) in [6.07, 6.45) is 4.84. The van der Waals surface area contributed by atoms with Crippen molar-refractivity contribution in [2.24, 2.45) is 5.10 Å². The van der Waals surface area contributed by atoms with Crippen LogP contribution in [0.15, 0.2) is 57.9 Å². The molecule has 0 saturated carbocycles. The minimum absolute atomic E-state index is 0. The van der Waals surface area contributed by atoms with Crippen LogP contribution >= 0.6 is 11.3 Å². The van der Waals surface area contributed by atoms with Crippen LogP contribution in [0, 0.1) is 6.92 Å². The third-order valence-corrected chi connectivity index (χ3v) is 4.44. The first-order valence-electron chi connectivity index (χ1n) is 5.85. The Bertz CT molecular complexity index is 706. The number of benzene rings is 1. The summed E-state index contributed by atoms with van der Waals surface area (Å²) < 4.78 is 23.7. The van der Waals surface area contributed by atoms with E-state index < -0.39 is 10.0 Å². The van der Waals surface area contributed by atoms with Crippen molar-refractivity contribution in [1.82, 2.24) is 0 Å². The molecule has 0 aliphatic carbocycles. The van der Waals surface area contributed by atoms with Gasteiger partial charge in [0.15, 0.2) is 0 Å². The molecule has 21 heavy (non-hydrogen) atoms. The Morgan fingerprint density at radius 1 is 1.19 bits per heavy atom. The van der Waals surface area contributed by atoms with E-state index in [0.717, 1.165) is 10.4 Å². The van der Waals surface area contributed by atoms with Crippen molar-refractivity contribution in [1.29, 1.82) is 0 Å². The zero-order valence-electron chi connectivity index (χ0n) is 11.8. The van der Waals surface area contributed by atoms with Crippen molar-refractivity contribution in [3.63, 3.8) is 0 Å². The van der Waals surface area contributed by atoms with Crippen LogP contribution in [0.5, 0.6) is 0 Å². The van der Waals surface area contributed by atoms with Crippen LogP contribution in [0.3, 0.4) is 0 Å². The second-order valence-corrected chi connectivity index (χ2v) is 6.57. The van der Waals surface area contributed by atoms with E-state index in [1.165, 1.54) is 18.3 Å². The minimum Gasteiger partial charge on any atom is -0.491 e. The van der Waals surface area contributed by atoms with Crippen LogP contribution in [0.4, 0.5) is 0 Å². The summed E-state index contributed by atoms with van der Waals surface area (Å²) in [6, 6.07) is 10.4. The maximum absolute atomic E-state index is 11.8. The third kappa shape index (κ3) is 5.76. The monoisotopic (exact) mass is 328 g/mol. The molecule has 0 aliphatic rings. The average molecular weight is 328 g/mol. The maximum atomic E-state index is 11.8. The van der Waals surface area contributed by atoms with Gasteiger partial charge >= 0.3 is 29.6 Å². The molecular weight excluding hydrogens is 315 g/mol. The van der Waals surface area contributed by atoms with Gasteiger partial charge in [-0.15, -0.1) is 11.3 Å². The number of thiophene rings is 1. The SMILES string of the molecule is Cc1ccc(S(=O)(=O)[N-]/N=C\C=C\c2cccs2)cc1.[Na+]. The van der Waals surface area contributed by atoms with E-state index in [9.17, 15) is 8.42 Å². The van der Waals surface area contributed by atoms with Gasteiger partial charge in [-0.25, -0.2) is 8.42 Å². The van der Waals surface area contributed by atoms with Crippen molar-refractivity contribution >= 4 is 33.7 Å². The van der Waals surface area contributed by atoms with Gasteiger partial charge in [0.2, 0.25) is 0 Å². The van der Waals surface area contributed by atoms with Crippen LogP contribution in [0.1, 0.15) is 10.4 Å². The Labute approximate surface area is 150 Å². The molecule has 0 atom stereocenters. The molecule has 0 aliphatic heterocycles. The molecule has 1 heterocycles. The van der Waals surface area contributed by atoms with Gasteiger partial charge in [-0.1, -0.05) is 23.8 Å². The summed E-state index contributed by atoms with van der Waals surface area (Å²) in [4.78, 5) is 4.58. The van der Waals surface area contributed by atoms with Gasteiger partial charge in [0.05, 0.1) is 4.90 Å². The maximum Gasteiger partial charge on any atom is 1.00 e. The predicted molar refractivity (Wildman–Crippen MR) is 83.6 cm³/mol. The Hall–Kier alpha value is -0.920. The van der Waals surface area contributed by atoms with Crippen LogP contribution in [-0.4, -0.2) is 14.6 Å². The van der Waals surface area contributed by atoms with Gasteiger partial charge in [0, 0.05) is 11.1 Å². The Morgan fingerprint density at radius 3 is 2.52 bits per heavy atom. The zero-order valence-corrected chi connectivity index (χ0v) is 15.4. The van der Waals surface area contributed by atoms with Gasteiger partial charge in [-0.3, -0.25) is 0 Å². The quantitative estimate of drug-likeness (QED) is 0.463. The summed E-state index contributed by atoms with van der Waals surface area (Å²) in [5, 5.41) is 5.53. The van der Waals surface area contributed by atoms with Crippen molar-refractivity contribution in [2.45, 2.75) is 11.8 Å². The number of aryl methyl sites for hydroxylation is 1. The fourth-order valence-corrected chi connectivity index (χ4v) is 2.79. The van der Waals surface area contributed by atoms with Crippen LogP contribution in [0.25, 0.3) is 10.9 Å². The van der Waals surface area contributed by atoms with Crippen molar-refractivity contribution < 1.29 is 38.0 Å². The molecule has 0 saturated heterocycles. The van der Waals surface area contributed by atoms with E-state index in [2.05, 4.69) is 9.93 Å². The van der Waals surface area contributed by atoms with E-state index in [-0.39, 0.29) is 34.5 Å². The van der Waals surface area contributed by atoms with Crippen LogP contribution in [0.2, 0.25) is 0 Å². The number of hydrogen-bond donors (Lipinski definition) is 0. The number of hydrogen-bond acceptors (Lipinski definition) is 4. The summed E-state index contributed by atoms with van der Waals surface area (Å²) in [5.41, 5.74) is 0.992. The first-order valence-corrected chi connectivity index (χ1v) is 8.17. The van der Waals surface area contributed by atoms with Crippen LogP contribution in [-0.2, 0) is 10.0 Å². The number of nitrogens with zero attached hydrogens (tertiary/aromatic N) is 2.